The number of hydrogen-bond donors (Lipinski definition) is 2. The summed E-state index contributed by atoms with van der Waals surface area (Å²) in [5.74, 6) is -1.45. The first kappa shape index (κ1) is 14.9. The van der Waals surface area contributed by atoms with Crippen LogP contribution in [0.3, 0.4) is 0 Å². The fourth-order valence-corrected chi connectivity index (χ4v) is 1.96. The maximum Gasteiger partial charge on any atom is 0.255 e. The van der Waals surface area contributed by atoms with Crippen molar-refractivity contribution in [3.8, 4) is 0 Å². The predicted octanol–water partition coefficient (Wildman–Crippen LogP) is 2.30. The number of nitrogens with two attached hydrogens (primary N) is 1. The maximum atomic E-state index is 13.1. The highest BCUT2D eigenvalue weighted by Gasteiger charge is 2.14. The summed E-state index contributed by atoms with van der Waals surface area (Å²) in [6.07, 6.45) is 1.47. The quantitative estimate of drug-likeness (QED) is 0.908. The molecule has 6 heteroatoms. The van der Waals surface area contributed by atoms with Crippen molar-refractivity contribution in [2.75, 3.05) is 5.73 Å². The third-order valence-corrected chi connectivity index (χ3v) is 2.96. The zero-order valence-electron chi connectivity index (χ0n) is 11.4. The number of halogens is 2. The van der Waals surface area contributed by atoms with Gasteiger partial charge < -0.3 is 11.1 Å². The fourth-order valence-electron chi connectivity index (χ4n) is 1.96. The number of nitrogens with zero attached hydrogens (tertiary/aromatic N) is 1. The van der Waals surface area contributed by atoms with Gasteiger partial charge in [-0.3, -0.25) is 4.79 Å². The minimum absolute atomic E-state index is 0.000885. The predicted molar refractivity (Wildman–Crippen MR) is 75.6 cm³/mol. The van der Waals surface area contributed by atoms with Crippen LogP contribution < -0.4 is 11.1 Å². The van der Waals surface area contributed by atoms with Crippen LogP contribution >= 0.6 is 0 Å². The molecule has 1 aromatic heterocycles. The molecular weight excluding hydrogens is 276 g/mol. The molecule has 0 saturated heterocycles. The molecule has 0 aliphatic rings. The van der Waals surface area contributed by atoms with Gasteiger partial charge in [0.25, 0.3) is 5.91 Å². The first-order valence-corrected chi connectivity index (χ1v) is 6.42. The number of rotatable bonds is 4. The number of aromatic nitrogens is 1. The van der Waals surface area contributed by atoms with Gasteiger partial charge in [0.15, 0.2) is 0 Å². The van der Waals surface area contributed by atoms with Crippen LogP contribution in [0.1, 0.15) is 22.8 Å². The van der Waals surface area contributed by atoms with Gasteiger partial charge in [0.1, 0.15) is 17.5 Å². The van der Waals surface area contributed by atoms with Gasteiger partial charge in [0, 0.05) is 6.04 Å². The number of carbonyl (C=O) groups is 1. The zero-order valence-corrected chi connectivity index (χ0v) is 11.4. The highest BCUT2D eigenvalue weighted by molar-refractivity contribution is 5.98. The Morgan fingerprint density at radius 3 is 2.62 bits per heavy atom. The van der Waals surface area contributed by atoms with Crippen LogP contribution in [0, 0.1) is 11.6 Å². The first-order valence-electron chi connectivity index (χ1n) is 6.42. The summed E-state index contributed by atoms with van der Waals surface area (Å²) in [4.78, 5) is 15.6. The van der Waals surface area contributed by atoms with Gasteiger partial charge in [-0.2, -0.15) is 0 Å². The lowest BCUT2D eigenvalue weighted by Crippen LogP contribution is -2.34. The normalized spacial score (nSPS) is 12.0. The van der Waals surface area contributed by atoms with Gasteiger partial charge >= 0.3 is 0 Å². The zero-order chi connectivity index (χ0) is 15.4. The molecule has 0 bridgehead atoms. The van der Waals surface area contributed by atoms with Gasteiger partial charge in [0.2, 0.25) is 0 Å². The van der Waals surface area contributed by atoms with E-state index in [1.807, 2.05) is 0 Å². The molecule has 1 heterocycles. The van der Waals surface area contributed by atoms with Crippen molar-refractivity contribution in [1.29, 1.82) is 0 Å². The van der Waals surface area contributed by atoms with Crippen LogP contribution in [0.5, 0.6) is 0 Å². The van der Waals surface area contributed by atoms with E-state index in [1.165, 1.54) is 12.1 Å². The van der Waals surface area contributed by atoms with E-state index in [9.17, 15) is 13.6 Å². The van der Waals surface area contributed by atoms with E-state index >= 15 is 0 Å². The molecule has 1 unspecified atom stereocenters. The summed E-state index contributed by atoms with van der Waals surface area (Å²) >= 11 is 0. The Kier molecular flexibility index (Phi) is 4.47. The molecule has 0 aliphatic heterocycles. The SMILES string of the molecule is CC(Cc1ccc(F)cc1)NC(=O)c1cc(F)cnc1N. The number of anilines is 1. The minimum Gasteiger partial charge on any atom is -0.383 e. The third-order valence-electron chi connectivity index (χ3n) is 2.96. The van der Waals surface area contributed by atoms with Gasteiger partial charge in [0.05, 0.1) is 11.8 Å². The summed E-state index contributed by atoms with van der Waals surface area (Å²) in [5, 5.41) is 2.71. The van der Waals surface area contributed by atoms with Gasteiger partial charge in [-0.15, -0.1) is 0 Å². The molecule has 1 aromatic carbocycles. The maximum absolute atomic E-state index is 13.1. The Labute approximate surface area is 121 Å². The molecule has 2 rings (SSSR count). The second-order valence-electron chi connectivity index (χ2n) is 4.79. The lowest BCUT2D eigenvalue weighted by atomic mass is 10.1. The Hall–Kier alpha value is -2.50. The van der Waals surface area contributed by atoms with E-state index in [4.69, 9.17) is 5.73 Å². The molecule has 21 heavy (non-hydrogen) atoms. The van der Waals surface area contributed by atoms with Crippen LogP contribution in [0.15, 0.2) is 36.5 Å². The molecule has 1 atom stereocenters. The fraction of sp³-hybridized carbons (Fsp3) is 0.200. The number of pyridine rings is 1. The van der Waals surface area contributed by atoms with E-state index in [2.05, 4.69) is 10.3 Å². The average molecular weight is 291 g/mol. The standard InChI is InChI=1S/C15H15F2N3O/c1-9(6-10-2-4-11(16)5-3-10)20-15(21)13-7-12(17)8-19-14(13)18/h2-5,7-9H,6H2,1H3,(H2,18,19)(H,20,21). The highest BCUT2D eigenvalue weighted by Crippen LogP contribution is 2.11. The average Bonchev–Trinajstić information content (AvgIpc) is 2.44. The Morgan fingerprint density at radius 2 is 1.95 bits per heavy atom. The molecule has 0 saturated carbocycles. The lowest BCUT2D eigenvalue weighted by molar-refractivity contribution is 0.0940. The Morgan fingerprint density at radius 1 is 1.29 bits per heavy atom. The minimum atomic E-state index is -0.625. The van der Waals surface area contributed by atoms with Gasteiger partial charge in [-0.05, 0) is 37.1 Å². The van der Waals surface area contributed by atoms with Crippen molar-refractivity contribution < 1.29 is 13.6 Å². The summed E-state index contributed by atoms with van der Waals surface area (Å²) in [6.45, 7) is 1.80. The number of benzene rings is 1. The molecular formula is C15H15F2N3O. The molecule has 110 valence electrons. The molecule has 2 aromatic rings. The molecule has 1 amide bonds. The topological polar surface area (TPSA) is 68.0 Å². The smallest absolute Gasteiger partial charge is 0.255 e. The highest BCUT2D eigenvalue weighted by atomic mass is 19.1. The third kappa shape index (κ3) is 3.98. The van der Waals surface area contributed by atoms with E-state index in [1.54, 1.807) is 19.1 Å². The molecule has 0 radical (unpaired) electrons. The number of nitrogen functional groups attached to an aromatic ring is 1. The van der Waals surface area contributed by atoms with Crippen molar-refractivity contribution in [2.24, 2.45) is 0 Å². The van der Waals surface area contributed by atoms with Crippen LogP contribution in [-0.4, -0.2) is 16.9 Å². The monoisotopic (exact) mass is 291 g/mol. The van der Waals surface area contributed by atoms with Crippen LogP contribution in [-0.2, 0) is 6.42 Å². The van der Waals surface area contributed by atoms with Crippen molar-refractivity contribution in [1.82, 2.24) is 10.3 Å². The molecule has 4 nitrogen and oxygen atoms in total. The van der Waals surface area contributed by atoms with E-state index < -0.39 is 11.7 Å². The number of nitrogens with one attached hydrogen (secondary N) is 1. The number of carbonyl (C=O) groups excluding carboxylic acids is 1. The van der Waals surface area contributed by atoms with Gasteiger partial charge in [-0.1, -0.05) is 12.1 Å². The van der Waals surface area contributed by atoms with E-state index in [-0.39, 0.29) is 23.2 Å². The number of amides is 1. The second-order valence-corrected chi connectivity index (χ2v) is 4.79. The largest absolute Gasteiger partial charge is 0.383 e. The molecule has 0 fully saturated rings. The van der Waals surface area contributed by atoms with E-state index in [0.29, 0.717) is 6.42 Å². The van der Waals surface area contributed by atoms with Crippen molar-refractivity contribution in [3.63, 3.8) is 0 Å². The van der Waals surface area contributed by atoms with Crippen LogP contribution in [0.2, 0.25) is 0 Å². The molecule has 0 aliphatic carbocycles. The second kappa shape index (κ2) is 6.30. The van der Waals surface area contributed by atoms with Crippen LogP contribution in [0.4, 0.5) is 14.6 Å². The summed E-state index contributed by atoms with van der Waals surface area (Å²) < 4.78 is 25.9. The Balaban J connectivity index is 2.01. The lowest BCUT2D eigenvalue weighted by Gasteiger charge is -2.14. The summed E-state index contributed by atoms with van der Waals surface area (Å²) in [7, 11) is 0. The van der Waals surface area contributed by atoms with Gasteiger partial charge in [-0.25, -0.2) is 13.8 Å². The molecule has 0 spiro atoms. The van der Waals surface area contributed by atoms with Crippen molar-refractivity contribution in [2.45, 2.75) is 19.4 Å². The summed E-state index contributed by atoms with van der Waals surface area (Å²) in [5.41, 5.74) is 6.44. The van der Waals surface area contributed by atoms with Crippen LogP contribution in [0.25, 0.3) is 0 Å². The number of hydrogen-bond acceptors (Lipinski definition) is 3. The van der Waals surface area contributed by atoms with Crippen molar-refractivity contribution >= 4 is 11.7 Å². The van der Waals surface area contributed by atoms with E-state index in [0.717, 1.165) is 17.8 Å². The summed E-state index contributed by atoms with van der Waals surface area (Å²) in [6, 6.07) is 6.84. The molecule has 3 N–H and O–H groups in total. The first-order chi connectivity index (χ1) is 9.95. The van der Waals surface area contributed by atoms with Crippen molar-refractivity contribution in [3.05, 3.63) is 59.3 Å². The Bertz CT molecular complexity index is 644.